The van der Waals surface area contributed by atoms with Gasteiger partial charge in [-0.05, 0) is 51.2 Å². The molecule has 1 N–H and O–H groups in total. The molecule has 0 bridgehead atoms. The molecule has 2 heterocycles. The van der Waals surface area contributed by atoms with Crippen molar-refractivity contribution in [3.63, 3.8) is 0 Å². The van der Waals surface area contributed by atoms with Gasteiger partial charge in [-0.3, -0.25) is 4.90 Å². The first-order valence-electron chi connectivity index (χ1n) is 6.85. The molecule has 2 rings (SSSR count). The molecule has 2 aliphatic heterocycles. The van der Waals surface area contributed by atoms with Crippen LogP contribution in [0.2, 0.25) is 0 Å². The zero-order valence-electron chi connectivity index (χ0n) is 10.2. The van der Waals surface area contributed by atoms with Gasteiger partial charge in [0, 0.05) is 12.6 Å². The summed E-state index contributed by atoms with van der Waals surface area (Å²) in [7, 11) is 0. The van der Waals surface area contributed by atoms with Crippen LogP contribution in [0.3, 0.4) is 0 Å². The number of piperidine rings is 1. The fourth-order valence-corrected chi connectivity index (χ4v) is 3.04. The van der Waals surface area contributed by atoms with E-state index in [4.69, 9.17) is 0 Å². The van der Waals surface area contributed by atoms with Gasteiger partial charge in [-0.1, -0.05) is 19.8 Å². The van der Waals surface area contributed by atoms with Gasteiger partial charge in [0.2, 0.25) is 0 Å². The Morgan fingerprint density at radius 3 is 2.67 bits per heavy atom. The number of rotatable bonds is 2. The highest BCUT2D eigenvalue weighted by molar-refractivity contribution is 4.81. The van der Waals surface area contributed by atoms with Crippen molar-refractivity contribution >= 4 is 0 Å². The van der Waals surface area contributed by atoms with Crippen LogP contribution < -0.4 is 5.32 Å². The van der Waals surface area contributed by atoms with Crippen molar-refractivity contribution in [2.24, 2.45) is 5.92 Å². The van der Waals surface area contributed by atoms with E-state index in [2.05, 4.69) is 17.1 Å². The molecule has 0 radical (unpaired) electrons. The fourth-order valence-electron chi connectivity index (χ4n) is 3.04. The number of nitrogens with zero attached hydrogens (tertiary/aromatic N) is 1. The molecule has 1 atom stereocenters. The van der Waals surface area contributed by atoms with Crippen LogP contribution >= 0.6 is 0 Å². The highest BCUT2D eigenvalue weighted by Gasteiger charge is 2.24. The van der Waals surface area contributed by atoms with E-state index in [0.29, 0.717) is 0 Å². The average Bonchev–Trinajstić information content (AvgIpc) is 2.58. The average molecular weight is 210 g/mol. The van der Waals surface area contributed by atoms with Crippen molar-refractivity contribution in [2.75, 3.05) is 26.2 Å². The Balaban J connectivity index is 1.78. The topological polar surface area (TPSA) is 15.3 Å². The Kier molecular flexibility index (Phi) is 4.45. The summed E-state index contributed by atoms with van der Waals surface area (Å²) in [5.74, 6) is 1.01. The van der Waals surface area contributed by atoms with Crippen LogP contribution in [0.5, 0.6) is 0 Å². The third-order valence-corrected chi connectivity index (χ3v) is 4.26. The highest BCUT2D eigenvalue weighted by atomic mass is 15.2. The zero-order valence-corrected chi connectivity index (χ0v) is 10.2. The summed E-state index contributed by atoms with van der Waals surface area (Å²) >= 11 is 0. The normalized spacial score (nSPS) is 31.4. The predicted molar refractivity (Wildman–Crippen MR) is 65.1 cm³/mol. The molecule has 15 heavy (non-hydrogen) atoms. The van der Waals surface area contributed by atoms with Crippen LogP contribution in [0.4, 0.5) is 0 Å². The summed E-state index contributed by atoms with van der Waals surface area (Å²) in [5, 5.41) is 3.58. The zero-order chi connectivity index (χ0) is 10.5. The van der Waals surface area contributed by atoms with E-state index in [1.807, 2.05) is 0 Å². The first-order valence-corrected chi connectivity index (χ1v) is 6.85. The van der Waals surface area contributed by atoms with Gasteiger partial charge in [-0.15, -0.1) is 0 Å². The van der Waals surface area contributed by atoms with Crippen LogP contribution in [-0.4, -0.2) is 37.1 Å². The molecule has 0 spiro atoms. The van der Waals surface area contributed by atoms with E-state index >= 15 is 0 Å². The van der Waals surface area contributed by atoms with Crippen LogP contribution in [-0.2, 0) is 0 Å². The molecule has 0 aromatic heterocycles. The molecule has 0 amide bonds. The molecular formula is C13H26N2. The van der Waals surface area contributed by atoms with Gasteiger partial charge in [0.25, 0.3) is 0 Å². The van der Waals surface area contributed by atoms with Crippen molar-refractivity contribution in [3.05, 3.63) is 0 Å². The number of hydrogen-bond acceptors (Lipinski definition) is 2. The van der Waals surface area contributed by atoms with E-state index in [0.717, 1.165) is 12.0 Å². The molecule has 2 heteroatoms. The monoisotopic (exact) mass is 210 g/mol. The van der Waals surface area contributed by atoms with Crippen molar-refractivity contribution < 1.29 is 0 Å². The molecule has 88 valence electrons. The molecule has 0 aromatic carbocycles. The fraction of sp³-hybridized carbons (Fsp3) is 1.00. The third-order valence-electron chi connectivity index (χ3n) is 4.26. The summed E-state index contributed by atoms with van der Waals surface area (Å²) in [6, 6.07) is 0.838. The van der Waals surface area contributed by atoms with Crippen LogP contribution in [0.25, 0.3) is 0 Å². The van der Waals surface area contributed by atoms with E-state index in [1.165, 1.54) is 64.7 Å². The minimum Gasteiger partial charge on any atom is -0.315 e. The maximum atomic E-state index is 3.58. The van der Waals surface area contributed by atoms with Gasteiger partial charge in [-0.25, -0.2) is 0 Å². The molecule has 2 nitrogen and oxygen atoms in total. The minimum absolute atomic E-state index is 0.838. The Hall–Kier alpha value is -0.0800. The summed E-state index contributed by atoms with van der Waals surface area (Å²) in [4.78, 5) is 2.74. The predicted octanol–water partition coefficient (Wildman–Crippen LogP) is 2.25. The molecule has 0 saturated carbocycles. The largest absolute Gasteiger partial charge is 0.315 e. The second kappa shape index (κ2) is 5.86. The lowest BCUT2D eigenvalue weighted by Gasteiger charge is -2.37. The minimum atomic E-state index is 0.838. The summed E-state index contributed by atoms with van der Waals surface area (Å²) in [6.07, 6.45) is 8.48. The summed E-state index contributed by atoms with van der Waals surface area (Å²) in [6.45, 7) is 7.52. The van der Waals surface area contributed by atoms with Crippen molar-refractivity contribution in [3.8, 4) is 0 Å². The van der Waals surface area contributed by atoms with Gasteiger partial charge >= 0.3 is 0 Å². The van der Waals surface area contributed by atoms with Crippen molar-refractivity contribution in [2.45, 2.75) is 51.5 Å². The molecule has 2 aliphatic rings. The van der Waals surface area contributed by atoms with E-state index < -0.39 is 0 Å². The molecule has 0 aromatic rings. The summed E-state index contributed by atoms with van der Waals surface area (Å²) in [5.41, 5.74) is 0. The maximum absolute atomic E-state index is 3.58. The molecule has 2 saturated heterocycles. The molecular weight excluding hydrogens is 184 g/mol. The quantitative estimate of drug-likeness (QED) is 0.752. The third kappa shape index (κ3) is 3.18. The van der Waals surface area contributed by atoms with Crippen LogP contribution in [0, 0.1) is 5.92 Å². The Labute approximate surface area is 94.4 Å². The van der Waals surface area contributed by atoms with Gasteiger partial charge in [0.05, 0.1) is 0 Å². The Morgan fingerprint density at radius 2 is 1.93 bits per heavy atom. The lowest BCUT2D eigenvalue weighted by Crippen LogP contribution is -2.45. The Morgan fingerprint density at radius 1 is 1.13 bits per heavy atom. The molecule has 2 fully saturated rings. The van der Waals surface area contributed by atoms with Crippen molar-refractivity contribution in [1.82, 2.24) is 10.2 Å². The maximum Gasteiger partial charge on any atom is 0.0220 e. The van der Waals surface area contributed by atoms with Gasteiger partial charge in [0.15, 0.2) is 0 Å². The van der Waals surface area contributed by atoms with E-state index in [9.17, 15) is 0 Å². The first kappa shape index (κ1) is 11.4. The van der Waals surface area contributed by atoms with E-state index in [1.54, 1.807) is 0 Å². The van der Waals surface area contributed by atoms with E-state index in [-0.39, 0.29) is 0 Å². The van der Waals surface area contributed by atoms with Gasteiger partial charge < -0.3 is 5.32 Å². The smallest absolute Gasteiger partial charge is 0.0220 e. The van der Waals surface area contributed by atoms with Crippen LogP contribution in [0.15, 0.2) is 0 Å². The second-order valence-corrected chi connectivity index (χ2v) is 5.24. The molecule has 1 unspecified atom stereocenters. The summed E-state index contributed by atoms with van der Waals surface area (Å²) < 4.78 is 0. The van der Waals surface area contributed by atoms with Crippen molar-refractivity contribution in [1.29, 1.82) is 0 Å². The standard InChI is InChI=1S/C13H26N2/c1-2-12-6-9-15(10-7-12)13-5-3-4-8-14-11-13/h12-14H,2-11H2,1H3. The van der Waals surface area contributed by atoms with Gasteiger partial charge in [0.1, 0.15) is 0 Å². The second-order valence-electron chi connectivity index (χ2n) is 5.24. The van der Waals surface area contributed by atoms with Crippen LogP contribution in [0.1, 0.15) is 45.4 Å². The SMILES string of the molecule is CCC1CCN(C2CCCCNC2)CC1. The van der Waals surface area contributed by atoms with Gasteiger partial charge in [-0.2, -0.15) is 0 Å². The lowest BCUT2D eigenvalue weighted by atomic mass is 9.93. The Bertz CT molecular complexity index is 165. The number of hydrogen-bond donors (Lipinski definition) is 1. The first-order chi connectivity index (χ1) is 7.40. The molecule has 0 aliphatic carbocycles. The lowest BCUT2D eigenvalue weighted by molar-refractivity contribution is 0.126. The number of likely N-dealkylation sites (tertiary alicyclic amines) is 1. The number of nitrogens with one attached hydrogen (secondary N) is 1. The highest BCUT2D eigenvalue weighted by Crippen LogP contribution is 2.23.